The normalized spacial score (nSPS) is 15.9. The van der Waals surface area contributed by atoms with Crippen LogP contribution < -0.4 is 4.90 Å². The van der Waals surface area contributed by atoms with Gasteiger partial charge in [-0.15, -0.1) is 11.3 Å². The second kappa shape index (κ2) is 6.15. The summed E-state index contributed by atoms with van der Waals surface area (Å²) in [6.07, 6.45) is 1.92. The van der Waals surface area contributed by atoms with E-state index in [-0.39, 0.29) is 6.42 Å². The van der Waals surface area contributed by atoms with E-state index in [4.69, 9.17) is 9.84 Å². The lowest BCUT2D eigenvalue weighted by Crippen LogP contribution is -2.36. The zero-order valence-electron chi connectivity index (χ0n) is 10.5. The average molecular weight is 270 g/mol. The Morgan fingerprint density at radius 2 is 2.22 bits per heavy atom. The Balaban J connectivity index is 2.17. The number of ether oxygens (including phenoxy) is 1. The third kappa shape index (κ3) is 3.20. The van der Waals surface area contributed by atoms with Crippen molar-refractivity contribution in [3.05, 3.63) is 10.6 Å². The summed E-state index contributed by atoms with van der Waals surface area (Å²) in [6.45, 7) is 5.20. The molecular formula is C12H18N2O3S. The number of rotatable bonds is 5. The van der Waals surface area contributed by atoms with Gasteiger partial charge in [0.05, 0.1) is 25.3 Å². The summed E-state index contributed by atoms with van der Waals surface area (Å²) in [7, 11) is 0. The van der Waals surface area contributed by atoms with Crippen molar-refractivity contribution < 1.29 is 14.6 Å². The number of aryl methyl sites for hydroxylation is 1. The lowest BCUT2D eigenvalue weighted by atomic mass is 10.2. The molecule has 1 aliphatic rings. The average Bonchev–Trinajstić information content (AvgIpc) is 2.73. The van der Waals surface area contributed by atoms with Crippen LogP contribution in [0.15, 0.2) is 0 Å². The van der Waals surface area contributed by atoms with Crippen LogP contribution in [0.1, 0.15) is 23.9 Å². The molecule has 0 radical (unpaired) electrons. The van der Waals surface area contributed by atoms with Crippen LogP contribution in [-0.2, 0) is 22.4 Å². The number of anilines is 1. The van der Waals surface area contributed by atoms with Crippen LogP contribution in [0.5, 0.6) is 0 Å². The molecule has 0 aliphatic carbocycles. The topological polar surface area (TPSA) is 62.7 Å². The Morgan fingerprint density at radius 3 is 2.83 bits per heavy atom. The minimum Gasteiger partial charge on any atom is -0.481 e. The first-order valence-electron chi connectivity index (χ1n) is 6.23. The van der Waals surface area contributed by atoms with Gasteiger partial charge in [0.2, 0.25) is 0 Å². The van der Waals surface area contributed by atoms with E-state index < -0.39 is 5.97 Å². The standard InChI is InChI=1S/C12H18N2O3S/c1-2-3-9-10(8-11(15)16)18-12(13-9)14-4-6-17-7-5-14/h2-8H2,1H3,(H,15,16). The molecule has 0 amide bonds. The fourth-order valence-corrected chi connectivity index (χ4v) is 3.12. The van der Waals surface area contributed by atoms with Crippen molar-refractivity contribution in [3.63, 3.8) is 0 Å². The van der Waals surface area contributed by atoms with Gasteiger partial charge in [-0.1, -0.05) is 13.3 Å². The van der Waals surface area contributed by atoms with Gasteiger partial charge in [-0.05, 0) is 6.42 Å². The van der Waals surface area contributed by atoms with Crippen molar-refractivity contribution in [1.82, 2.24) is 4.98 Å². The smallest absolute Gasteiger partial charge is 0.308 e. The van der Waals surface area contributed by atoms with E-state index in [0.29, 0.717) is 0 Å². The third-order valence-corrected chi connectivity index (χ3v) is 4.01. The molecule has 1 aromatic rings. The van der Waals surface area contributed by atoms with Crippen LogP contribution >= 0.6 is 11.3 Å². The van der Waals surface area contributed by atoms with Crippen molar-refractivity contribution in [1.29, 1.82) is 0 Å². The number of aromatic nitrogens is 1. The van der Waals surface area contributed by atoms with Gasteiger partial charge < -0.3 is 14.7 Å². The monoisotopic (exact) mass is 270 g/mol. The van der Waals surface area contributed by atoms with Crippen LogP contribution in [0, 0.1) is 0 Å². The van der Waals surface area contributed by atoms with Gasteiger partial charge in [0, 0.05) is 18.0 Å². The molecule has 0 spiro atoms. The number of carboxylic acids is 1. The third-order valence-electron chi connectivity index (χ3n) is 2.85. The molecule has 2 rings (SSSR count). The maximum absolute atomic E-state index is 10.9. The molecule has 0 unspecified atom stereocenters. The largest absolute Gasteiger partial charge is 0.481 e. The molecule has 6 heteroatoms. The van der Waals surface area contributed by atoms with Crippen molar-refractivity contribution in [3.8, 4) is 0 Å². The second-order valence-electron chi connectivity index (χ2n) is 4.29. The van der Waals surface area contributed by atoms with Gasteiger partial charge in [-0.25, -0.2) is 4.98 Å². The van der Waals surface area contributed by atoms with E-state index in [2.05, 4.69) is 16.8 Å². The summed E-state index contributed by atoms with van der Waals surface area (Å²) in [4.78, 5) is 18.5. The number of morpholine rings is 1. The zero-order valence-corrected chi connectivity index (χ0v) is 11.3. The molecule has 0 atom stereocenters. The molecule has 1 aliphatic heterocycles. The van der Waals surface area contributed by atoms with Crippen LogP contribution in [0.2, 0.25) is 0 Å². The van der Waals surface area contributed by atoms with Gasteiger partial charge in [0.15, 0.2) is 5.13 Å². The highest BCUT2D eigenvalue weighted by Gasteiger charge is 2.19. The molecule has 18 heavy (non-hydrogen) atoms. The van der Waals surface area contributed by atoms with Crippen LogP contribution in [-0.4, -0.2) is 42.4 Å². The summed E-state index contributed by atoms with van der Waals surface area (Å²) in [5.41, 5.74) is 0.950. The van der Waals surface area contributed by atoms with Crippen molar-refractivity contribution in [2.75, 3.05) is 31.2 Å². The molecule has 100 valence electrons. The number of aliphatic carboxylic acids is 1. The molecule has 2 heterocycles. The lowest BCUT2D eigenvalue weighted by molar-refractivity contribution is -0.136. The summed E-state index contributed by atoms with van der Waals surface area (Å²) in [5.74, 6) is -0.787. The molecule has 1 N–H and O–H groups in total. The molecular weight excluding hydrogens is 252 g/mol. The van der Waals surface area contributed by atoms with E-state index in [9.17, 15) is 4.79 Å². The lowest BCUT2D eigenvalue weighted by Gasteiger charge is -2.26. The van der Waals surface area contributed by atoms with Crippen LogP contribution in [0.4, 0.5) is 5.13 Å². The first-order chi connectivity index (χ1) is 8.70. The predicted octanol–water partition coefficient (Wildman–Crippen LogP) is 1.56. The van der Waals surface area contributed by atoms with Gasteiger partial charge >= 0.3 is 5.97 Å². The van der Waals surface area contributed by atoms with Crippen molar-refractivity contribution in [2.45, 2.75) is 26.2 Å². The Morgan fingerprint density at radius 1 is 1.50 bits per heavy atom. The maximum Gasteiger partial charge on any atom is 0.308 e. The van der Waals surface area contributed by atoms with E-state index in [1.54, 1.807) is 0 Å². The Hall–Kier alpha value is -1.14. The van der Waals surface area contributed by atoms with Crippen molar-refractivity contribution in [2.24, 2.45) is 0 Å². The molecule has 1 saturated heterocycles. The molecule has 0 saturated carbocycles. The van der Waals surface area contributed by atoms with Gasteiger partial charge in [-0.3, -0.25) is 4.79 Å². The number of nitrogens with zero attached hydrogens (tertiary/aromatic N) is 2. The fourth-order valence-electron chi connectivity index (χ4n) is 1.97. The summed E-state index contributed by atoms with van der Waals surface area (Å²) >= 11 is 1.51. The van der Waals surface area contributed by atoms with E-state index in [1.165, 1.54) is 11.3 Å². The number of hydrogen-bond donors (Lipinski definition) is 1. The molecule has 1 fully saturated rings. The van der Waals surface area contributed by atoms with Gasteiger partial charge in [0.25, 0.3) is 0 Å². The second-order valence-corrected chi connectivity index (χ2v) is 5.35. The highest BCUT2D eigenvalue weighted by Crippen LogP contribution is 2.28. The predicted molar refractivity (Wildman–Crippen MR) is 70.5 cm³/mol. The first-order valence-corrected chi connectivity index (χ1v) is 7.05. The molecule has 1 aromatic heterocycles. The Bertz CT molecular complexity index is 413. The minimum absolute atomic E-state index is 0.0807. The quantitative estimate of drug-likeness (QED) is 0.879. The number of carbonyl (C=O) groups is 1. The van der Waals surface area contributed by atoms with Crippen LogP contribution in [0.25, 0.3) is 0 Å². The molecule has 0 aromatic carbocycles. The summed E-state index contributed by atoms with van der Waals surface area (Å²) in [5, 5.41) is 9.87. The molecule has 0 bridgehead atoms. The highest BCUT2D eigenvalue weighted by molar-refractivity contribution is 7.15. The first kappa shape index (κ1) is 13.3. The van der Waals surface area contributed by atoms with E-state index in [1.807, 2.05) is 0 Å². The summed E-state index contributed by atoms with van der Waals surface area (Å²) < 4.78 is 5.31. The number of hydrogen-bond acceptors (Lipinski definition) is 5. The number of carboxylic acid groups (broad SMARTS) is 1. The molecule has 5 nitrogen and oxygen atoms in total. The van der Waals surface area contributed by atoms with Gasteiger partial charge in [0.1, 0.15) is 0 Å². The zero-order chi connectivity index (χ0) is 13.0. The Labute approximate surface area is 110 Å². The van der Waals surface area contributed by atoms with E-state index in [0.717, 1.165) is 54.8 Å². The maximum atomic E-state index is 10.9. The number of thiazole rings is 1. The SMILES string of the molecule is CCCc1nc(N2CCOCC2)sc1CC(=O)O. The van der Waals surface area contributed by atoms with Crippen LogP contribution in [0.3, 0.4) is 0 Å². The highest BCUT2D eigenvalue weighted by atomic mass is 32.1. The fraction of sp³-hybridized carbons (Fsp3) is 0.667. The van der Waals surface area contributed by atoms with Crippen molar-refractivity contribution >= 4 is 22.4 Å². The van der Waals surface area contributed by atoms with Gasteiger partial charge in [-0.2, -0.15) is 0 Å². The minimum atomic E-state index is -0.787. The summed E-state index contributed by atoms with van der Waals surface area (Å²) in [6, 6.07) is 0. The Kier molecular flexibility index (Phi) is 4.54. The van der Waals surface area contributed by atoms with E-state index >= 15 is 0 Å².